The van der Waals surface area contributed by atoms with Crippen molar-refractivity contribution in [1.82, 2.24) is 4.57 Å². The van der Waals surface area contributed by atoms with E-state index in [2.05, 4.69) is 0 Å². The number of carbonyl (C=O) groups excluding carboxylic acids is 1. The lowest BCUT2D eigenvalue weighted by Crippen LogP contribution is -2.11. The van der Waals surface area contributed by atoms with Crippen molar-refractivity contribution in [1.29, 1.82) is 0 Å². The van der Waals surface area contributed by atoms with Crippen LogP contribution in [0.25, 0.3) is 22.3 Å². The van der Waals surface area contributed by atoms with Gasteiger partial charge in [0.1, 0.15) is 0 Å². The number of halogens is 1. The van der Waals surface area contributed by atoms with Gasteiger partial charge in [-0.2, -0.15) is 0 Å². The Hall–Kier alpha value is -2.41. The molecule has 152 valence electrons. The first-order valence-corrected chi connectivity index (χ1v) is 11.1. The summed E-state index contributed by atoms with van der Waals surface area (Å²) in [6, 6.07) is 12.1. The van der Waals surface area contributed by atoms with E-state index in [9.17, 15) is 13.2 Å². The van der Waals surface area contributed by atoms with Crippen LogP contribution in [0.1, 0.15) is 35.1 Å². The molecule has 0 radical (unpaired) electrons. The second-order valence-corrected chi connectivity index (χ2v) is 9.02. The highest BCUT2D eigenvalue weighted by molar-refractivity contribution is 7.89. The van der Waals surface area contributed by atoms with Gasteiger partial charge in [-0.25, -0.2) is 13.6 Å². The van der Waals surface area contributed by atoms with Gasteiger partial charge in [0, 0.05) is 35.3 Å². The van der Waals surface area contributed by atoms with E-state index >= 15 is 0 Å². The molecule has 3 aromatic rings. The summed E-state index contributed by atoms with van der Waals surface area (Å²) in [5, 5.41) is 5.90. The minimum Gasteiger partial charge on any atom is -0.344 e. The molecule has 0 saturated heterocycles. The predicted molar refractivity (Wildman–Crippen MR) is 117 cm³/mol. The molecule has 1 aromatic heterocycles. The molecule has 0 unspecified atom stereocenters. The molecule has 7 heteroatoms. The van der Waals surface area contributed by atoms with E-state index in [1.807, 2.05) is 50.6 Å². The SMILES string of the molecule is CCC(=O)c1c(-c2ccc(S(N)(=O)=O)cc2)c(-c2ccc(Cl)c(C)c2)c(C)n1C. The van der Waals surface area contributed by atoms with E-state index in [0.717, 1.165) is 33.5 Å². The third kappa shape index (κ3) is 3.88. The number of nitrogens with two attached hydrogens (primary N) is 1. The van der Waals surface area contributed by atoms with Crippen LogP contribution in [0.4, 0.5) is 0 Å². The smallest absolute Gasteiger partial charge is 0.238 e. The van der Waals surface area contributed by atoms with Gasteiger partial charge >= 0.3 is 0 Å². The Balaban J connectivity index is 2.35. The molecular formula is C22H23ClN2O3S. The zero-order valence-electron chi connectivity index (χ0n) is 16.8. The molecule has 0 bridgehead atoms. The summed E-state index contributed by atoms with van der Waals surface area (Å²) in [6.07, 6.45) is 0.360. The quantitative estimate of drug-likeness (QED) is 0.586. The summed E-state index contributed by atoms with van der Waals surface area (Å²) in [6.45, 7) is 5.72. The largest absolute Gasteiger partial charge is 0.344 e. The third-order valence-corrected chi connectivity index (χ3v) is 6.54. The topological polar surface area (TPSA) is 82.2 Å². The Morgan fingerprint density at radius 1 is 1.03 bits per heavy atom. The van der Waals surface area contributed by atoms with Crippen LogP contribution in [0.5, 0.6) is 0 Å². The second kappa shape index (κ2) is 7.78. The third-order valence-electron chi connectivity index (χ3n) is 5.19. The monoisotopic (exact) mass is 430 g/mol. The average molecular weight is 431 g/mol. The van der Waals surface area contributed by atoms with Gasteiger partial charge in [0.05, 0.1) is 10.6 Å². The van der Waals surface area contributed by atoms with E-state index in [-0.39, 0.29) is 10.7 Å². The van der Waals surface area contributed by atoms with Crippen LogP contribution in [-0.2, 0) is 17.1 Å². The lowest BCUT2D eigenvalue weighted by molar-refractivity contribution is 0.0981. The molecule has 0 atom stereocenters. The highest BCUT2D eigenvalue weighted by Gasteiger charge is 2.25. The number of sulfonamides is 1. The Morgan fingerprint density at radius 2 is 1.62 bits per heavy atom. The molecule has 5 nitrogen and oxygen atoms in total. The van der Waals surface area contributed by atoms with Crippen LogP contribution in [0.15, 0.2) is 47.4 Å². The number of carbonyl (C=O) groups is 1. The Morgan fingerprint density at radius 3 is 2.14 bits per heavy atom. The van der Waals surface area contributed by atoms with Gasteiger partial charge in [-0.15, -0.1) is 0 Å². The van der Waals surface area contributed by atoms with E-state index in [1.54, 1.807) is 12.1 Å². The first-order chi connectivity index (χ1) is 13.6. The number of nitrogens with zero attached hydrogens (tertiary/aromatic N) is 1. The van der Waals surface area contributed by atoms with Gasteiger partial charge in [0.25, 0.3) is 0 Å². The Kier molecular flexibility index (Phi) is 5.72. The molecule has 0 aliphatic carbocycles. The van der Waals surface area contributed by atoms with E-state index in [4.69, 9.17) is 16.7 Å². The molecule has 2 N–H and O–H groups in total. The first-order valence-electron chi connectivity index (χ1n) is 9.18. The van der Waals surface area contributed by atoms with E-state index in [1.165, 1.54) is 12.1 Å². The average Bonchev–Trinajstić information content (AvgIpc) is 2.94. The van der Waals surface area contributed by atoms with Crippen LogP contribution in [0.3, 0.4) is 0 Å². The second-order valence-electron chi connectivity index (χ2n) is 7.05. The zero-order chi connectivity index (χ0) is 21.5. The van der Waals surface area contributed by atoms with Gasteiger partial charge in [-0.1, -0.05) is 36.7 Å². The van der Waals surface area contributed by atoms with Crippen LogP contribution < -0.4 is 5.14 Å². The van der Waals surface area contributed by atoms with Crippen molar-refractivity contribution >= 4 is 27.4 Å². The van der Waals surface area contributed by atoms with Crippen LogP contribution in [0.2, 0.25) is 5.02 Å². The summed E-state index contributed by atoms with van der Waals surface area (Å²) in [5.41, 5.74) is 5.87. The molecule has 1 heterocycles. The van der Waals surface area contributed by atoms with Crippen molar-refractivity contribution < 1.29 is 13.2 Å². The number of hydrogen-bond acceptors (Lipinski definition) is 3. The number of aryl methyl sites for hydroxylation is 1. The maximum Gasteiger partial charge on any atom is 0.238 e. The fourth-order valence-corrected chi connectivity index (χ4v) is 4.18. The molecular weight excluding hydrogens is 408 g/mol. The van der Waals surface area contributed by atoms with Crippen LogP contribution in [0, 0.1) is 13.8 Å². The molecule has 2 aromatic carbocycles. The normalized spacial score (nSPS) is 11.7. The molecule has 29 heavy (non-hydrogen) atoms. The van der Waals surface area contributed by atoms with Gasteiger partial charge in [-0.05, 0) is 54.8 Å². The minimum atomic E-state index is -3.80. The van der Waals surface area contributed by atoms with Crippen LogP contribution in [-0.4, -0.2) is 18.8 Å². The van der Waals surface area contributed by atoms with Crippen molar-refractivity contribution in [3.8, 4) is 22.3 Å². The van der Waals surface area contributed by atoms with E-state index in [0.29, 0.717) is 17.1 Å². The van der Waals surface area contributed by atoms with Crippen LogP contribution >= 0.6 is 11.6 Å². The summed E-state index contributed by atoms with van der Waals surface area (Å²) in [7, 11) is -1.93. The van der Waals surface area contributed by atoms with E-state index < -0.39 is 10.0 Å². The van der Waals surface area contributed by atoms with Crippen molar-refractivity contribution in [2.45, 2.75) is 32.1 Å². The molecule has 0 aliphatic rings. The first kappa shape index (κ1) is 21.3. The van der Waals surface area contributed by atoms with Crippen molar-refractivity contribution in [3.05, 3.63) is 64.4 Å². The van der Waals surface area contributed by atoms with Gasteiger partial charge in [-0.3, -0.25) is 4.79 Å². The molecule has 0 aliphatic heterocycles. The minimum absolute atomic E-state index is 0.0121. The number of aromatic nitrogens is 1. The van der Waals surface area contributed by atoms with Gasteiger partial charge in [0.15, 0.2) is 5.78 Å². The lowest BCUT2D eigenvalue weighted by atomic mass is 9.93. The highest BCUT2D eigenvalue weighted by atomic mass is 35.5. The summed E-state index contributed by atoms with van der Waals surface area (Å²) in [5.74, 6) is 0.0121. The maximum atomic E-state index is 12.8. The number of ketones is 1. The fourth-order valence-electron chi connectivity index (χ4n) is 3.54. The Labute approximate surface area is 176 Å². The molecule has 3 rings (SSSR count). The predicted octanol–water partition coefficient (Wildman–Crippen LogP) is 4.87. The molecule has 0 saturated carbocycles. The number of Topliss-reactive ketones (excluding diaryl/α,β-unsaturated/α-hetero) is 1. The highest BCUT2D eigenvalue weighted by Crippen LogP contribution is 2.41. The van der Waals surface area contributed by atoms with Crippen molar-refractivity contribution in [2.24, 2.45) is 12.2 Å². The number of rotatable bonds is 5. The fraction of sp³-hybridized carbons (Fsp3) is 0.227. The number of benzene rings is 2. The standard InChI is InChI=1S/C22H23ClN2O3S/c1-5-19(26)22-21(15-6-9-17(10-7-15)29(24,27)28)20(14(3)25(22)4)16-8-11-18(23)13(2)12-16/h6-12H,5H2,1-4H3,(H2,24,27,28). The summed E-state index contributed by atoms with van der Waals surface area (Å²) in [4.78, 5) is 12.8. The maximum absolute atomic E-state index is 12.8. The summed E-state index contributed by atoms with van der Waals surface area (Å²) >= 11 is 6.21. The number of primary sulfonamides is 1. The van der Waals surface area contributed by atoms with Gasteiger partial charge in [0.2, 0.25) is 10.0 Å². The van der Waals surface area contributed by atoms with Crippen molar-refractivity contribution in [2.75, 3.05) is 0 Å². The lowest BCUT2D eigenvalue weighted by Gasteiger charge is -2.10. The summed E-state index contributed by atoms with van der Waals surface area (Å²) < 4.78 is 25.1. The number of hydrogen-bond donors (Lipinski definition) is 1. The molecule has 0 fully saturated rings. The van der Waals surface area contributed by atoms with Crippen molar-refractivity contribution in [3.63, 3.8) is 0 Å². The Bertz CT molecular complexity index is 1210. The molecule has 0 spiro atoms. The zero-order valence-corrected chi connectivity index (χ0v) is 18.4. The van der Waals surface area contributed by atoms with Gasteiger partial charge < -0.3 is 4.57 Å². The molecule has 0 amide bonds.